The molecule has 0 radical (unpaired) electrons. The van der Waals surface area contributed by atoms with Crippen molar-refractivity contribution in [1.82, 2.24) is 0 Å². The summed E-state index contributed by atoms with van der Waals surface area (Å²) in [7, 11) is 0. The molecule has 47 heavy (non-hydrogen) atoms. The molecule has 0 spiro atoms. The summed E-state index contributed by atoms with van der Waals surface area (Å²) in [4.78, 5) is 0. The number of hydrogen-bond acceptors (Lipinski definition) is 0. The van der Waals surface area contributed by atoms with E-state index in [1.807, 2.05) is 0 Å². The van der Waals surface area contributed by atoms with Gasteiger partial charge < -0.3 is 1.43 Å². The summed E-state index contributed by atoms with van der Waals surface area (Å²) in [5, 5.41) is 10.6. The third kappa shape index (κ3) is 5.69. The van der Waals surface area contributed by atoms with E-state index in [0.717, 1.165) is 12.8 Å². The first-order chi connectivity index (χ1) is 22.5. The Morgan fingerprint density at radius 3 is 0.915 bits per heavy atom. The largest absolute Gasteiger partial charge is 1.00 e. The standard InChI is InChI=1S/C46H38.K.H/c1-29-21-23-33(31(3)25-29)27-43-35-13-5-9-17-39(35)45(40-18-10-6-14-36(40)43)46-41-19-11-7-15-37(41)44(38-16-8-12-20-42(38)46)28-34-24-22-30(2)26-32(34)4;;/h5-26H,27-28H2,1-4H3;;/q;+1;-1. The first-order valence-corrected chi connectivity index (χ1v) is 16.4. The predicted molar refractivity (Wildman–Crippen MR) is 200 cm³/mol. The van der Waals surface area contributed by atoms with Crippen molar-refractivity contribution in [1.29, 1.82) is 0 Å². The van der Waals surface area contributed by atoms with Gasteiger partial charge in [-0.1, -0.05) is 145 Å². The van der Waals surface area contributed by atoms with Crippen molar-refractivity contribution >= 4 is 43.1 Å². The molecule has 0 bridgehead atoms. The zero-order valence-corrected chi connectivity index (χ0v) is 31.2. The van der Waals surface area contributed by atoms with Crippen LogP contribution in [0.3, 0.4) is 0 Å². The Balaban J connectivity index is 0.00000201. The Kier molecular flexibility index (Phi) is 8.96. The Labute approximate surface area is 322 Å². The van der Waals surface area contributed by atoms with Crippen molar-refractivity contribution in [3.05, 3.63) is 178 Å². The van der Waals surface area contributed by atoms with Crippen LogP contribution in [-0.4, -0.2) is 0 Å². The molecule has 0 saturated carbocycles. The van der Waals surface area contributed by atoms with Crippen molar-refractivity contribution in [2.45, 2.75) is 40.5 Å². The Bertz CT molecular complexity index is 2180. The Hall–Kier alpha value is -3.56. The van der Waals surface area contributed by atoms with Crippen LogP contribution in [0.1, 0.15) is 45.9 Å². The quantitative estimate of drug-likeness (QED) is 0.131. The molecule has 0 nitrogen and oxygen atoms in total. The summed E-state index contributed by atoms with van der Waals surface area (Å²) in [5.41, 5.74) is 13.6. The summed E-state index contributed by atoms with van der Waals surface area (Å²) >= 11 is 0. The minimum atomic E-state index is 0. The van der Waals surface area contributed by atoms with Crippen molar-refractivity contribution in [2.24, 2.45) is 0 Å². The van der Waals surface area contributed by atoms with E-state index < -0.39 is 0 Å². The third-order valence-corrected chi connectivity index (χ3v) is 10.1. The van der Waals surface area contributed by atoms with E-state index in [1.54, 1.807) is 0 Å². The second-order valence-corrected chi connectivity index (χ2v) is 13.1. The molecule has 8 aromatic rings. The first kappa shape index (κ1) is 32.0. The molecule has 0 N–H and O–H groups in total. The maximum Gasteiger partial charge on any atom is 1.00 e. The van der Waals surface area contributed by atoms with Crippen molar-refractivity contribution in [3.8, 4) is 11.1 Å². The molecule has 0 unspecified atom stereocenters. The zero-order valence-electron chi connectivity index (χ0n) is 29.1. The van der Waals surface area contributed by atoms with Gasteiger partial charge in [0.1, 0.15) is 0 Å². The summed E-state index contributed by atoms with van der Waals surface area (Å²) in [5.74, 6) is 0. The van der Waals surface area contributed by atoms with Crippen LogP contribution in [0.15, 0.2) is 133 Å². The first-order valence-electron chi connectivity index (χ1n) is 16.4. The zero-order chi connectivity index (χ0) is 31.4. The van der Waals surface area contributed by atoms with Gasteiger partial charge in [-0.2, -0.15) is 0 Å². The molecule has 8 aromatic carbocycles. The van der Waals surface area contributed by atoms with Gasteiger partial charge in [0.25, 0.3) is 0 Å². The fourth-order valence-electron chi connectivity index (χ4n) is 7.83. The van der Waals surface area contributed by atoms with Crippen LogP contribution in [-0.2, 0) is 12.8 Å². The van der Waals surface area contributed by atoms with Crippen molar-refractivity contribution in [2.75, 3.05) is 0 Å². The van der Waals surface area contributed by atoms with E-state index in [4.69, 9.17) is 0 Å². The molecule has 0 aliphatic carbocycles. The molecule has 1 heteroatoms. The van der Waals surface area contributed by atoms with Gasteiger partial charge in [-0.3, -0.25) is 0 Å². The van der Waals surface area contributed by atoms with Crippen LogP contribution < -0.4 is 51.4 Å². The van der Waals surface area contributed by atoms with Gasteiger partial charge in [0.05, 0.1) is 0 Å². The Morgan fingerprint density at radius 1 is 0.362 bits per heavy atom. The van der Waals surface area contributed by atoms with Gasteiger partial charge in [0, 0.05) is 0 Å². The fourth-order valence-corrected chi connectivity index (χ4v) is 7.83. The SMILES string of the molecule is Cc1ccc(Cc2c3ccccc3c(-c3c4ccccc4c(Cc4ccc(C)cc4C)c4ccccc34)c3ccccc23)c(C)c1.[H-].[K+]. The average Bonchev–Trinajstić information content (AvgIpc) is 3.07. The van der Waals surface area contributed by atoms with E-state index >= 15 is 0 Å². The van der Waals surface area contributed by atoms with E-state index in [0.29, 0.717) is 0 Å². The third-order valence-electron chi connectivity index (χ3n) is 10.1. The summed E-state index contributed by atoms with van der Waals surface area (Å²) in [6.07, 6.45) is 1.81. The number of benzene rings is 8. The smallest absolute Gasteiger partial charge is 1.00 e. The number of hydrogen-bond donors (Lipinski definition) is 0. The second kappa shape index (κ2) is 13.2. The van der Waals surface area contributed by atoms with E-state index in [9.17, 15) is 0 Å². The fraction of sp³-hybridized carbons (Fsp3) is 0.130. The van der Waals surface area contributed by atoms with E-state index in [2.05, 4.69) is 161 Å². The summed E-state index contributed by atoms with van der Waals surface area (Å²) < 4.78 is 0. The van der Waals surface area contributed by atoms with E-state index in [1.165, 1.54) is 98.7 Å². The molecular weight excluding hydrogens is 592 g/mol. The van der Waals surface area contributed by atoms with Crippen LogP contribution in [0.5, 0.6) is 0 Å². The van der Waals surface area contributed by atoms with Crippen LogP contribution >= 0.6 is 0 Å². The molecule has 0 amide bonds. The molecule has 0 saturated heterocycles. The van der Waals surface area contributed by atoms with Gasteiger partial charge in [0.2, 0.25) is 0 Å². The predicted octanol–water partition coefficient (Wildman–Crippen LogP) is 9.50. The minimum Gasteiger partial charge on any atom is -1.00 e. The molecule has 0 aromatic heterocycles. The number of fused-ring (bicyclic) bond motifs is 4. The van der Waals surface area contributed by atoms with Gasteiger partial charge in [-0.15, -0.1) is 0 Å². The van der Waals surface area contributed by atoms with Gasteiger partial charge in [0.15, 0.2) is 0 Å². The maximum absolute atomic E-state index is 2.34. The average molecular weight is 631 g/mol. The molecule has 0 heterocycles. The Morgan fingerprint density at radius 2 is 0.638 bits per heavy atom. The van der Waals surface area contributed by atoms with E-state index in [-0.39, 0.29) is 52.8 Å². The van der Waals surface area contributed by atoms with Gasteiger partial charge in [-0.25, -0.2) is 0 Å². The minimum absolute atomic E-state index is 0. The monoisotopic (exact) mass is 630 g/mol. The normalized spacial score (nSPS) is 11.4. The second-order valence-electron chi connectivity index (χ2n) is 13.1. The number of aryl methyl sites for hydroxylation is 4. The maximum atomic E-state index is 2.34. The van der Waals surface area contributed by atoms with Crippen LogP contribution in [0.2, 0.25) is 0 Å². The topological polar surface area (TPSA) is 0 Å². The molecular formula is C46H39K. The summed E-state index contributed by atoms with van der Waals surface area (Å²) in [6.45, 7) is 8.86. The molecule has 0 aliphatic rings. The van der Waals surface area contributed by atoms with Gasteiger partial charge in [-0.05, 0) is 128 Å². The summed E-state index contributed by atoms with van der Waals surface area (Å²) in [6, 6.07) is 50.1. The van der Waals surface area contributed by atoms with Crippen LogP contribution in [0, 0.1) is 27.7 Å². The molecule has 0 aliphatic heterocycles. The van der Waals surface area contributed by atoms with Gasteiger partial charge >= 0.3 is 51.4 Å². The van der Waals surface area contributed by atoms with Crippen LogP contribution in [0.25, 0.3) is 54.2 Å². The van der Waals surface area contributed by atoms with Crippen molar-refractivity contribution < 1.29 is 52.8 Å². The molecule has 0 atom stereocenters. The number of rotatable bonds is 5. The van der Waals surface area contributed by atoms with Crippen LogP contribution in [0.4, 0.5) is 0 Å². The molecule has 0 fully saturated rings. The molecule has 8 rings (SSSR count). The van der Waals surface area contributed by atoms with Crippen molar-refractivity contribution in [3.63, 3.8) is 0 Å². The molecule has 224 valence electrons.